The van der Waals surface area contributed by atoms with Crippen molar-refractivity contribution in [2.45, 2.75) is 37.8 Å². The largest absolute Gasteiger partial charge is 0.448 e. The van der Waals surface area contributed by atoms with E-state index < -0.39 is 17.2 Å². The van der Waals surface area contributed by atoms with Crippen LogP contribution < -0.4 is 15.6 Å². The van der Waals surface area contributed by atoms with E-state index in [1.54, 1.807) is 19.3 Å². The molecule has 0 amide bonds. The third-order valence-corrected chi connectivity index (χ3v) is 5.24. The molecule has 1 aliphatic carbocycles. The number of aryl methyl sites for hydroxylation is 1. The van der Waals surface area contributed by atoms with Crippen LogP contribution in [0.3, 0.4) is 0 Å². The number of pyridine rings is 2. The average molecular weight is 401 g/mol. The molecule has 2 N–H and O–H groups in total. The fraction of sp³-hybridized carbons (Fsp3) is 0.333. The highest BCUT2D eigenvalue weighted by molar-refractivity contribution is 5.82. The molecule has 0 saturated heterocycles. The number of aliphatic hydroxyl groups excluding tert-OH is 1. The molecule has 0 radical (unpaired) electrons. The maximum Gasteiger partial charge on any atom is 0.293 e. The Morgan fingerprint density at radius 3 is 2.62 bits per heavy atom. The van der Waals surface area contributed by atoms with Crippen molar-refractivity contribution in [3.8, 4) is 11.5 Å². The quantitative estimate of drug-likeness (QED) is 0.697. The second kappa shape index (κ2) is 7.79. The van der Waals surface area contributed by atoms with E-state index in [9.17, 15) is 18.7 Å². The number of fused-ring (bicyclic) bond motifs is 1. The fourth-order valence-corrected chi connectivity index (χ4v) is 3.59. The van der Waals surface area contributed by atoms with Crippen molar-refractivity contribution in [3.05, 3.63) is 58.5 Å². The molecule has 0 spiro atoms. The van der Waals surface area contributed by atoms with Gasteiger partial charge in [-0.2, -0.15) is 0 Å². The first-order valence-electron chi connectivity index (χ1n) is 9.48. The summed E-state index contributed by atoms with van der Waals surface area (Å²) in [7, 11) is 1.60. The first kappa shape index (κ1) is 19.3. The van der Waals surface area contributed by atoms with Crippen molar-refractivity contribution < 1.29 is 18.6 Å². The summed E-state index contributed by atoms with van der Waals surface area (Å²) in [5, 5.41) is 13.6. The number of aliphatic hydroxyl groups is 1. The van der Waals surface area contributed by atoms with Gasteiger partial charge in [0.15, 0.2) is 17.3 Å². The number of rotatable bonds is 4. The Bertz CT molecular complexity index is 1110. The smallest absolute Gasteiger partial charge is 0.293 e. The topological polar surface area (TPSA) is 76.4 Å². The summed E-state index contributed by atoms with van der Waals surface area (Å²) in [5.41, 5.74) is 0.203. The van der Waals surface area contributed by atoms with Gasteiger partial charge in [0.25, 0.3) is 5.56 Å². The SMILES string of the molecule is Cn1c(=O)c(Oc2ccc(F)cc2F)cc2cnc(NC3CCC(O)CC3)cc21. The molecular weight excluding hydrogens is 380 g/mol. The molecule has 6 nitrogen and oxygen atoms in total. The summed E-state index contributed by atoms with van der Waals surface area (Å²) in [5.74, 6) is -1.27. The van der Waals surface area contributed by atoms with E-state index in [4.69, 9.17) is 4.74 Å². The van der Waals surface area contributed by atoms with Crippen LogP contribution in [0.2, 0.25) is 0 Å². The third-order valence-electron chi connectivity index (χ3n) is 5.24. The van der Waals surface area contributed by atoms with E-state index in [0.717, 1.165) is 37.8 Å². The second-order valence-corrected chi connectivity index (χ2v) is 7.33. The molecule has 29 heavy (non-hydrogen) atoms. The van der Waals surface area contributed by atoms with Crippen LogP contribution in [0.15, 0.2) is 41.3 Å². The van der Waals surface area contributed by atoms with E-state index in [-0.39, 0.29) is 23.6 Å². The first-order valence-corrected chi connectivity index (χ1v) is 9.48. The molecule has 1 saturated carbocycles. The third kappa shape index (κ3) is 4.07. The lowest BCUT2D eigenvalue weighted by Gasteiger charge is -2.26. The maximum atomic E-state index is 13.9. The number of nitrogens with zero attached hydrogens (tertiary/aromatic N) is 2. The first-order chi connectivity index (χ1) is 13.9. The van der Waals surface area contributed by atoms with Crippen molar-refractivity contribution in [2.24, 2.45) is 7.05 Å². The van der Waals surface area contributed by atoms with E-state index in [1.165, 1.54) is 10.6 Å². The van der Waals surface area contributed by atoms with Crippen molar-refractivity contribution in [1.29, 1.82) is 0 Å². The zero-order valence-electron chi connectivity index (χ0n) is 15.9. The van der Waals surface area contributed by atoms with Crippen LogP contribution in [-0.2, 0) is 7.05 Å². The van der Waals surface area contributed by atoms with E-state index in [1.807, 2.05) is 0 Å². The van der Waals surface area contributed by atoms with Gasteiger partial charge in [0.05, 0.1) is 11.6 Å². The molecule has 0 bridgehead atoms. The Labute approximate surface area is 165 Å². The molecule has 2 aromatic heterocycles. The van der Waals surface area contributed by atoms with Crippen molar-refractivity contribution >= 4 is 16.7 Å². The van der Waals surface area contributed by atoms with Crippen molar-refractivity contribution in [3.63, 3.8) is 0 Å². The summed E-state index contributed by atoms with van der Waals surface area (Å²) in [4.78, 5) is 17.1. The minimum absolute atomic E-state index is 0.0747. The van der Waals surface area contributed by atoms with Crippen LogP contribution >= 0.6 is 0 Å². The summed E-state index contributed by atoms with van der Waals surface area (Å²) < 4.78 is 33.8. The van der Waals surface area contributed by atoms with Crippen LogP contribution in [0.1, 0.15) is 25.7 Å². The molecule has 0 aliphatic heterocycles. The molecule has 4 rings (SSSR count). The Kier molecular flexibility index (Phi) is 5.19. The molecule has 3 aromatic rings. The number of nitrogens with one attached hydrogen (secondary N) is 1. The van der Waals surface area contributed by atoms with Gasteiger partial charge in [0.2, 0.25) is 0 Å². The monoisotopic (exact) mass is 401 g/mol. The minimum atomic E-state index is -0.887. The van der Waals surface area contributed by atoms with Crippen molar-refractivity contribution in [2.75, 3.05) is 5.32 Å². The molecular formula is C21H21F2N3O3. The number of hydrogen-bond acceptors (Lipinski definition) is 5. The van der Waals surface area contributed by atoms with Crippen molar-refractivity contribution in [1.82, 2.24) is 9.55 Å². The number of anilines is 1. The molecule has 0 unspecified atom stereocenters. The highest BCUT2D eigenvalue weighted by Gasteiger charge is 2.20. The van der Waals surface area contributed by atoms with Crippen LogP contribution in [-0.4, -0.2) is 26.8 Å². The molecule has 1 aliphatic rings. The zero-order valence-corrected chi connectivity index (χ0v) is 15.9. The summed E-state index contributed by atoms with van der Waals surface area (Å²) in [6.07, 6.45) is 4.60. The number of benzene rings is 1. The van der Waals surface area contributed by atoms with Gasteiger partial charge in [-0.25, -0.2) is 13.8 Å². The Morgan fingerprint density at radius 1 is 1.14 bits per heavy atom. The van der Waals surface area contributed by atoms with Crippen LogP contribution in [0.4, 0.5) is 14.6 Å². The van der Waals surface area contributed by atoms with Gasteiger partial charge >= 0.3 is 0 Å². The van der Waals surface area contributed by atoms with E-state index in [0.29, 0.717) is 22.8 Å². The molecule has 1 aromatic carbocycles. The highest BCUT2D eigenvalue weighted by atomic mass is 19.1. The number of ether oxygens (including phenoxy) is 1. The average Bonchev–Trinajstić information content (AvgIpc) is 2.70. The van der Waals surface area contributed by atoms with E-state index in [2.05, 4.69) is 10.3 Å². The summed E-state index contributed by atoms with van der Waals surface area (Å²) in [6, 6.07) is 6.40. The van der Waals surface area contributed by atoms with E-state index >= 15 is 0 Å². The van der Waals surface area contributed by atoms with Gasteiger partial charge in [-0.05, 0) is 43.9 Å². The Balaban J connectivity index is 1.62. The standard InChI is InChI=1S/C21H21F2N3O3/c1-26-17-10-20(25-14-3-5-15(27)6-4-14)24-11-12(17)8-19(21(26)28)29-18-7-2-13(22)9-16(18)23/h2,7-11,14-15,27H,3-6H2,1H3,(H,24,25). The van der Waals surface area contributed by atoms with Gasteiger partial charge in [0, 0.05) is 36.8 Å². The fourth-order valence-electron chi connectivity index (χ4n) is 3.59. The Hall–Kier alpha value is -3.00. The highest BCUT2D eigenvalue weighted by Crippen LogP contribution is 2.27. The molecule has 1 fully saturated rings. The Morgan fingerprint density at radius 2 is 1.90 bits per heavy atom. The molecule has 0 atom stereocenters. The normalized spacial score (nSPS) is 19.3. The van der Waals surface area contributed by atoms with Gasteiger partial charge in [-0.15, -0.1) is 0 Å². The lowest BCUT2D eigenvalue weighted by atomic mass is 9.93. The lowest BCUT2D eigenvalue weighted by Crippen LogP contribution is -2.28. The molecule has 2 heterocycles. The maximum absolute atomic E-state index is 13.9. The van der Waals surface area contributed by atoms with Gasteiger partial charge in [-0.1, -0.05) is 0 Å². The van der Waals surface area contributed by atoms with Crippen LogP contribution in [0.5, 0.6) is 11.5 Å². The van der Waals surface area contributed by atoms with Gasteiger partial charge in [-0.3, -0.25) is 4.79 Å². The van der Waals surface area contributed by atoms with Crippen LogP contribution in [0.25, 0.3) is 10.9 Å². The van der Waals surface area contributed by atoms with Gasteiger partial charge < -0.3 is 19.7 Å². The molecule has 8 heteroatoms. The summed E-state index contributed by atoms with van der Waals surface area (Å²) in [6.45, 7) is 0. The predicted molar refractivity (Wildman–Crippen MR) is 105 cm³/mol. The summed E-state index contributed by atoms with van der Waals surface area (Å²) >= 11 is 0. The zero-order chi connectivity index (χ0) is 20.5. The van der Waals surface area contributed by atoms with Gasteiger partial charge in [0.1, 0.15) is 11.6 Å². The predicted octanol–water partition coefficient (Wildman–Crippen LogP) is 3.72. The number of halogens is 2. The molecule has 152 valence electrons. The minimum Gasteiger partial charge on any atom is -0.448 e. The van der Waals surface area contributed by atoms with Crippen LogP contribution in [0, 0.1) is 11.6 Å². The number of aromatic nitrogens is 2. The lowest BCUT2D eigenvalue weighted by molar-refractivity contribution is 0.126. The number of hydrogen-bond donors (Lipinski definition) is 2. The second-order valence-electron chi connectivity index (χ2n) is 7.33.